The molecule has 190 valence electrons. The van der Waals surface area contributed by atoms with Gasteiger partial charge in [-0.05, 0) is 48.9 Å². The molecule has 1 unspecified atom stereocenters. The second kappa shape index (κ2) is 9.38. The molecule has 1 aromatic heterocycles. The van der Waals surface area contributed by atoms with Crippen LogP contribution < -0.4 is 10.5 Å². The summed E-state index contributed by atoms with van der Waals surface area (Å²) in [5, 5.41) is 0. The fourth-order valence-corrected chi connectivity index (χ4v) is 5.55. The summed E-state index contributed by atoms with van der Waals surface area (Å²) in [6.45, 7) is 1.74. The average molecular weight is 544 g/mol. The van der Waals surface area contributed by atoms with Gasteiger partial charge in [-0.1, -0.05) is 54.3 Å². The molecular formula is C26H20F3N3O3S2. The molecule has 0 aliphatic carbocycles. The third-order valence-electron chi connectivity index (χ3n) is 6.21. The number of thioether (sulfide) groups is 1. The van der Waals surface area contributed by atoms with Gasteiger partial charge in [0.05, 0.1) is 21.8 Å². The van der Waals surface area contributed by atoms with E-state index < -0.39 is 23.8 Å². The Kier molecular flexibility index (Phi) is 6.36. The van der Waals surface area contributed by atoms with Gasteiger partial charge in [0.1, 0.15) is 17.6 Å². The highest BCUT2D eigenvalue weighted by molar-refractivity contribution is 8.27. The molecule has 6 nitrogen and oxygen atoms in total. The summed E-state index contributed by atoms with van der Waals surface area (Å²) < 4.78 is 48.5. The van der Waals surface area contributed by atoms with Gasteiger partial charge in [0.2, 0.25) is 0 Å². The molecular weight excluding hydrogens is 523 g/mol. The van der Waals surface area contributed by atoms with Crippen LogP contribution in [0.4, 0.5) is 18.9 Å². The first kappa shape index (κ1) is 25.1. The van der Waals surface area contributed by atoms with E-state index in [0.717, 1.165) is 23.9 Å². The van der Waals surface area contributed by atoms with Crippen molar-refractivity contribution >= 4 is 39.9 Å². The zero-order valence-electron chi connectivity index (χ0n) is 19.7. The smallest absolute Gasteiger partial charge is 0.416 e. The number of anilines is 1. The van der Waals surface area contributed by atoms with Gasteiger partial charge in [0.15, 0.2) is 4.32 Å². The first-order valence-corrected chi connectivity index (χ1v) is 12.4. The highest BCUT2D eigenvalue weighted by Crippen LogP contribution is 2.39. The maximum Gasteiger partial charge on any atom is 0.416 e. The van der Waals surface area contributed by atoms with E-state index >= 15 is 0 Å². The molecule has 11 heteroatoms. The second-order valence-electron chi connectivity index (χ2n) is 8.50. The molecule has 2 aromatic carbocycles. The number of benzene rings is 2. The number of alkyl halides is 3. The van der Waals surface area contributed by atoms with Crippen molar-refractivity contribution in [3.05, 3.63) is 105 Å². The topological polar surface area (TPSA) is 56.5 Å². The number of hydrogen-bond acceptors (Lipinski definition) is 5. The summed E-state index contributed by atoms with van der Waals surface area (Å²) in [6.07, 6.45) is -1.47. The van der Waals surface area contributed by atoms with Gasteiger partial charge >= 0.3 is 6.18 Å². The van der Waals surface area contributed by atoms with Crippen molar-refractivity contribution in [1.82, 2.24) is 9.36 Å². The molecule has 3 aromatic rings. The van der Waals surface area contributed by atoms with Gasteiger partial charge in [0, 0.05) is 13.5 Å². The molecule has 2 aliphatic rings. The summed E-state index contributed by atoms with van der Waals surface area (Å²) in [5.74, 6) is -0.109. The van der Waals surface area contributed by atoms with E-state index in [0.29, 0.717) is 29.1 Å². The monoisotopic (exact) mass is 543 g/mol. The quantitative estimate of drug-likeness (QED) is 0.308. The maximum atomic E-state index is 13.4. The van der Waals surface area contributed by atoms with Gasteiger partial charge in [-0.2, -0.15) is 13.2 Å². The number of hydrogen-bond donors (Lipinski definition) is 0. The molecule has 0 saturated carbocycles. The number of ether oxygens (including phenoxy) is 1. The number of aromatic nitrogens is 2. The van der Waals surface area contributed by atoms with Gasteiger partial charge in [0.25, 0.3) is 11.5 Å². The zero-order chi connectivity index (χ0) is 26.5. The Balaban J connectivity index is 1.40. The lowest BCUT2D eigenvalue weighted by atomic mass is 10.0. The highest BCUT2D eigenvalue weighted by atomic mass is 32.2. The lowest BCUT2D eigenvalue weighted by molar-refractivity contribution is -0.137. The Morgan fingerprint density at radius 2 is 1.84 bits per heavy atom. The fourth-order valence-electron chi connectivity index (χ4n) is 4.30. The molecule has 5 rings (SSSR count). The Hall–Kier alpha value is -3.57. The second-order valence-corrected chi connectivity index (χ2v) is 10.2. The molecule has 0 radical (unpaired) electrons. The minimum Gasteiger partial charge on any atom is -0.486 e. The Morgan fingerprint density at radius 1 is 1.11 bits per heavy atom. The predicted octanol–water partition coefficient (Wildman–Crippen LogP) is 5.80. The normalized spacial score (nSPS) is 19.1. The molecule has 1 amide bonds. The number of allylic oxidation sites excluding steroid dienone is 1. The van der Waals surface area contributed by atoms with Crippen LogP contribution in [0, 0.1) is 6.92 Å². The number of carbonyl (C=O) groups excluding carboxylic acids is 1. The van der Waals surface area contributed by atoms with E-state index in [1.807, 2.05) is 18.2 Å². The van der Waals surface area contributed by atoms with Crippen molar-refractivity contribution in [3.63, 3.8) is 0 Å². The van der Waals surface area contributed by atoms with Crippen LogP contribution in [-0.2, 0) is 22.8 Å². The molecule has 1 atom stereocenters. The number of nitrogens with zero attached hydrogens (tertiary/aromatic N) is 3. The summed E-state index contributed by atoms with van der Waals surface area (Å²) in [4.78, 5) is 28.2. The number of thiocarbonyl (C=S) groups is 1. The Morgan fingerprint density at radius 3 is 2.54 bits per heavy atom. The van der Waals surface area contributed by atoms with Crippen LogP contribution >= 0.6 is 24.0 Å². The Labute approximate surface area is 219 Å². The minimum atomic E-state index is -4.45. The van der Waals surface area contributed by atoms with Crippen molar-refractivity contribution in [2.75, 3.05) is 4.90 Å². The van der Waals surface area contributed by atoms with E-state index in [1.165, 1.54) is 21.7 Å². The van der Waals surface area contributed by atoms with Gasteiger partial charge in [-0.15, -0.1) is 0 Å². The predicted molar refractivity (Wildman–Crippen MR) is 139 cm³/mol. The van der Waals surface area contributed by atoms with Gasteiger partial charge in [-0.3, -0.25) is 19.2 Å². The highest BCUT2D eigenvalue weighted by Gasteiger charge is 2.38. The summed E-state index contributed by atoms with van der Waals surface area (Å²) in [5.41, 5.74) is 0.638. The lowest BCUT2D eigenvalue weighted by Gasteiger charge is -2.15. The van der Waals surface area contributed by atoms with E-state index in [1.54, 1.807) is 42.9 Å². The third-order valence-corrected chi connectivity index (χ3v) is 7.51. The van der Waals surface area contributed by atoms with Crippen LogP contribution in [0.1, 0.15) is 29.3 Å². The number of amides is 1. The summed E-state index contributed by atoms with van der Waals surface area (Å²) >= 11 is 6.49. The van der Waals surface area contributed by atoms with E-state index in [4.69, 9.17) is 17.0 Å². The van der Waals surface area contributed by atoms with Crippen LogP contribution in [0.15, 0.2) is 82.2 Å². The van der Waals surface area contributed by atoms with Crippen LogP contribution in [0.3, 0.4) is 0 Å². The zero-order valence-corrected chi connectivity index (χ0v) is 21.3. The molecule has 0 bridgehead atoms. The molecule has 1 fully saturated rings. The first-order chi connectivity index (χ1) is 17.6. The largest absolute Gasteiger partial charge is 0.486 e. The molecule has 0 N–H and O–H groups in total. The SMILES string of the molecule is Cc1c(N2C(=O)/C(=C\C3=CCC(c4cccc(C(F)(F)F)c4)O3)SC2=S)c(=O)n(-c2ccccc2)n1C. The first-order valence-electron chi connectivity index (χ1n) is 11.2. The third kappa shape index (κ3) is 4.53. The van der Waals surface area contributed by atoms with Crippen molar-refractivity contribution in [2.24, 2.45) is 7.05 Å². The van der Waals surface area contributed by atoms with Crippen molar-refractivity contribution in [2.45, 2.75) is 25.6 Å². The van der Waals surface area contributed by atoms with Crippen LogP contribution in [0.2, 0.25) is 0 Å². The van der Waals surface area contributed by atoms with Crippen molar-refractivity contribution in [1.29, 1.82) is 0 Å². The maximum absolute atomic E-state index is 13.4. The number of halogens is 3. The van der Waals surface area contributed by atoms with E-state index in [9.17, 15) is 22.8 Å². The Bertz CT molecular complexity index is 1540. The average Bonchev–Trinajstić information content (AvgIpc) is 3.50. The van der Waals surface area contributed by atoms with E-state index in [2.05, 4.69) is 0 Å². The molecule has 3 heterocycles. The lowest BCUT2D eigenvalue weighted by Crippen LogP contribution is -2.33. The van der Waals surface area contributed by atoms with Crippen molar-refractivity contribution < 1.29 is 22.7 Å². The van der Waals surface area contributed by atoms with Crippen LogP contribution in [0.5, 0.6) is 0 Å². The molecule has 37 heavy (non-hydrogen) atoms. The van der Waals surface area contributed by atoms with Crippen LogP contribution in [-0.4, -0.2) is 19.6 Å². The van der Waals surface area contributed by atoms with Crippen molar-refractivity contribution in [3.8, 4) is 5.69 Å². The summed E-state index contributed by atoms with van der Waals surface area (Å²) in [6, 6.07) is 14.0. The number of para-hydroxylation sites is 1. The van der Waals surface area contributed by atoms with Gasteiger partial charge in [-0.25, -0.2) is 4.68 Å². The van der Waals surface area contributed by atoms with Gasteiger partial charge < -0.3 is 4.74 Å². The number of carbonyl (C=O) groups is 1. The number of rotatable bonds is 4. The van der Waals surface area contributed by atoms with E-state index in [-0.39, 0.29) is 20.5 Å². The van der Waals surface area contributed by atoms with Crippen LogP contribution in [0.25, 0.3) is 5.69 Å². The fraction of sp³-hybridized carbons (Fsp3) is 0.192. The molecule has 0 spiro atoms. The molecule has 2 aliphatic heterocycles. The minimum absolute atomic E-state index is 0.167. The summed E-state index contributed by atoms with van der Waals surface area (Å²) in [7, 11) is 1.73. The molecule has 1 saturated heterocycles. The standard InChI is InChI=1S/C26H20F3N3O3S2/c1-15-22(24(34)32(30(15)2)18-9-4-3-5-10-18)31-23(33)21(37-25(31)36)14-19-11-12-20(35-19)16-7-6-8-17(13-16)26(27,28)29/h3-11,13-14,20H,12H2,1-2H3/b21-14+.